The van der Waals surface area contributed by atoms with Gasteiger partial charge in [-0.15, -0.1) is 11.3 Å². The van der Waals surface area contributed by atoms with E-state index in [1.807, 2.05) is 18.4 Å². The van der Waals surface area contributed by atoms with Crippen LogP contribution in [0.5, 0.6) is 0 Å². The summed E-state index contributed by atoms with van der Waals surface area (Å²) in [6.45, 7) is 6.91. The first kappa shape index (κ1) is 16.6. The largest absolute Gasteiger partial charge is 0.381 e. The lowest BCUT2D eigenvalue weighted by Gasteiger charge is -2.37. The van der Waals surface area contributed by atoms with Crippen LogP contribution < -0.4 is 10.2 Å². The van der Waals surface area contributed by atoms with Crippen LogP contribution >= 0.6 is 11.3 Å². The second kappa shape index (κ2) is 8.55. The summed E-state index contributed by atoms with van der Waals surface area (Å²) in [4.78, 5) is 9.25. The topological polar surface area (TPSA) is 40.1 Å². The Labute approximate surface area is 143 Å². The molecule has 0 bridgehead atoms. The zero-order valence-electron chi connectivity index (χ0n) is 14.0. The summed E-state index contributed by atoms with van der Waals surface area (Å²) in [7, 11) is 1.87. The van der Waals surface area contributed by atoms with Gasteiger partial charge < -0.3 is 19.9 Å². The monoisotopic (exact) mass is 336 g/mol. The highest BCUT2D eigenvalue weighted by Gasteiger charge is 2.21. The second-order valence-corrected chi connectivity index (χ2v) is 7.20. The van der Waals surface area contributed by atoms with Gasteiger partial charge in [0.05, 0.1) is 5.00 Å². The van der Waals surface area contributed by atoms with Crippen molar-refractivity contribution in [2.45, 2.75) is 19.3 Å². The van der Waals surface area contributed by atoms with Crippen molar-refractivity contribution in [1.29, 1.82) is 0 Å². The lowest BCUT2D eigenvalue weighted by molar-refractivity contribution is 0.122. The number of ether oxygens (including phenoxy) is 1. The number of thiophene rings is 1. The molecular weight excluding hydrogens is 308 g/mol. The Bertz CT molecular complexity index is 479. The van der Waals surface area contributed by atoms with Gasteiger partial charge in [-0.1, -0.05) is 0 Å². The van der Waals surface area contributed by atoms with E-state index in [1.165, 1.54) is 17.8 Å². The number of piperazine rings is 1. The third-order valence-corrected chi connectivity index (χ3v) is 5.34. The average Bonchev–Trinajstić information content (AvgIpc) is 3.25. The number of aliphatic imine (C=N–C) groups is 1. The van der Waals surface area contributed by atoms with E-state index in [0.29, 0.717) is 0 Å². The van der Waals surface area contributed by atoms with Gasteiger partial charge in [0.1, 0.15) is 0 Å². The Morgan fingerprint density at radius 2 is 2.17 bits per heavy atom. The molecule has 5 nitrogen and oxygen atoms in total. The minimum atomic E-state index is 0.854. The van der Waals surface area contributed by atoms with E-state index >= 15 is 0 Å². The molecule has 0 spiro atoms. The highest BCUT2D eigenvalue weighted by Crippen LogP contribution is 2.28. The Hall–Kier alpha value is -1.27. The zero-order valence-corrected chi connectivity index (χ0v) is 14.9. The number of guanidine groups is 1. The smallest absolute Gasteiger partial charge is 0.193 e. The molecule has 0 radical (unpaired) electrons. The molecule has 1 N–H and O–H groups in total. The number of hydrogen-bond donors (Lipinski definition) is 1. The van der Waals surface area contributed by atoms with Gasteiger partial charge in [0.15, 0.2) is 5.96 Å². The molecule has 6 heteroatoms. The van der Waals surface area contributed by atoms with E-state index in [1.54, 1.807) is 0 Å². The summed E-state index contributed by atoms with van der Waals surface area (Å²) in [5.41, 5.74) is 0. The molecule has 1 aliphatic carbocycles. The van der Waals surface area contributed by atoms with Crippen LogP contribution in [-0.2, 0) is 4.74 Å². The molecular formula is C17H28N4OS. The maximum absolute atomic E-state index is 5.67. The predicted molar refractivity (Wildman–Crippen MR) is 97.6 cm³/mol. The van der Waals surface area contributed by atoms with Gasteiger partial charge in [-0.05, 0) is 42.7 Å². The first-order valence-electron chi connectivity index (χ1n) is 8.68. The van der Waals surface area contributed by atoms with Crippen molar-refractivity contribution in [2.75, 3.05) is 57.9 Å². The van der Waals surface area contributed by atoms with Crippen molar-refractivity contribution in [1.82, 2.24) is 10.2 Å². The van der Waals surface area contributed by atoms with E-state index in [0.717, 1.165) is 64.2 Å². The first-order valence-corrected chi connectivity index (χ1v) is 9.56. The van der Waals surface area contributed by atoms with Gasteiger partial charge in [0, 0.05) is 53.0 Å². The molecule has 1 saturated carbocycles. The summed E-state index contributed by atoms with van der Waals surface area (Å²) in [6.07, 6.45) is 3.77. The van der Waals surface area contributed by atoms with Crippen LogP contribution in [0.1, 0.15) is 19.3 Å². The minimum absolute atomic E-state index is 0.854. The van der Waals surface area contributed by atoms with Crippen molar-refractivity contribution in [2.24, 2.45) is 10.9 Å². The van der Waals surface area contributed by atoms with Gasteiger partial charge in [-0.25, -0.2) is 0 Å². The number of hydrogen-bond acceptors (Lipinski definition) is 4. The van der Waals surface area contributed by atoms with E-state index in [9.17, 15) is 0 Å². The van der Waals surface area contributed by atoms with Crippen molar-refractivity contribution in [3.63, 3.8) is 0 Å². The van der Waals surface area contributed by atoms with Gasteiger partial charge in [0.2, 0.25) is 0 Å². The number of nitrogens with one attached hydrogen (secondary N) is 1. The fraction of sp³-hybridized carbons (Fsp3) is 0.706. The second-order valence-electron chi connectivity index (χ2n) is 6.27. The lowest BCUT2D eigenvalue weighted by Crippen LogP contribution is -2.52. The molecule has 3 rings (SSSR count). The third kappa shape index (κ3) is 5.11. The fourth-order valence-electron chi connectivity index (χ4n) is 2.83. The number of rotatable bonds is 7. The molecule has 2 heterocycles. The summed E-state index contributed by atoms with van der Waals surface area (Å²) in [5, 5.41) is 6.99. The van der Waals surface area contributed by atoms with Crippen LogP contribution in [0.2, 0.25) is 0 Å². The number of nitrogens with zero attached hydrogens (tertiary/aromatic N) is 3. The lowest BCUT2D eigenvalue weighted by atomic mass is 10.3. The average molecular weight is 337 g/mol. The SMILES string of the molecule is CN=C(NCCCOCC1CC1)N1CCN(c2cccs2)CC1. The van der Waals surface area contributed by atoms with Crippen molar-refractivity contribution in [3.8, 4) is 0 Å². The van der Waals surface area contributed by atoms with Gasteiger partial charge >= 0.3 is 0 Å². The molecule has 0 atom stereocenters. The van der Waals surface area contributed by atoms with Crippen LogP contribution in [0, 0.1) is 5.92 Å². The van der Waals surface area contributed by atoms with Crippen LogP contribution in [0.3, 0.4) is 0 Å². The summed E-state index contributed by atoms with van der Waals surface area (Å²) < 4.78 is 5.67. The van der Waals surface area contributed by atoms with Gasteiger partial charge in [-0.3, -0.25) is 4.99 Å². The first-order chi connectivity index (χ1) is 11.4. The number of anilines is 1. The molecule has 2 fully saturated rings. The van der Waals surface area contributed by atoms with Crippen LogP contribution in [0.4, 0.5) is 5.00 Å². The molecule has 1 saturated heterocycles. The van der Waals surface area contributed by atoms with Gasteiger partial charge in [-0.2, -0.15) is 0 Å². The van der Waals surface area contributed by atoms with Crippen LogP contribution in [-0.4, -0.2) is 63.8 Å². The van der Waals surface area contributed by atoms with Crippen molar-refractivity contribution >= 4 is 22.3 Å². The van der Waals surface area contributed by atoms with E-state index in [-0.39, 0.29) is 0 Å². The van der Waals surface area contributed by atoms with Crippen molar-refractivity contribution < 1.29 is 4.74 Å². The Morgan fingerprint density at radius 3 is 2.83 bits per heavy atom. The summed E-state index contributed by atoms with van der Waals surface area (Å²) in [5.74, 6) is 1.88. The van der Waals surface area contributed by atoms with Crippen LogP contribution in [0.15, 0.2) is 22.5 Å². The molecule has 0 unspecified atom stereocenters. The highest BCUT2D eigenvalue weighted by atomic mass is 32.1. The molecule has 128 valence electrons. The molecule has 0 amide bonds. The Morgan fingerprint density at radius 1 is 1.35 bits per heavy atom. The van der Waals surface area contributed by atoms with E-state index in [4.69, 9.17) is 4.74 Å². The maximum Gasteiger partial charge on any atom is 0.193 e. The normalized spacial score (nSPS) is 19.3. The standard InChI is InChI=1S/C17H28N4OS/c1-18-17(19-7-3-12-22-14-15-5-6-15)21-10-8-20(9-11-21)16-4-2-13-23-16/h2,4,13,15H,3,5-12,14H2,1H3,(H,18,19). The summed E-state index contributed by atoms with van der Waals surface area (Å²) in [6, 6.07) is 4.33. The van der Waals surface area contributed by atoms with Crippen LogP contribution in [0.25, 0.3) is 0 Å². The zero-order chi connectivity index (χ0) is 15.9. The quantitative estimate of drug-likeness (QED) is 0.471. The highest BCUT2D eigenvalue weighted by molar-refractivity contribution is 7.14. The molecule has 23 heavy (non-hydrogen) atoms. The maximum atomic E-state index is 5.67. The Balaban J connectivity index is 1.32. The minimum Gasteiger partial charge on any atom is -0.381 e. The molecule has 1 aromatic heterocycles. The van der Waals surface area contributed by atoms with Gasteiger partial charge in [0.25, 0.3) is 0 Å². The molecule has 2 aliphatic rings. The van der Waals surface area contributed by atoms with E-state index < -0.39 is 0 Å². The molecule has 1 aliphatic heterocycles. The Kier molecular flexibility index (Phi) is 6.16. The summed E-state index contributed by atoms with van der Waals surface area (Å²) >= 11 is 1.82. The van der Waals surface area contributed by atoms with Crippen molar-refractivity contribution in [3.05, 3.63) is 17.5 Å². The predicted octanol–water partition coefficient (Wildman–Crippen LogP) is 2.26. The molecule has 1 aromatic rings. The molecule has 0 aromatic carbocycles. The third-order valence-electron chi connectivity index (χ3n) is 4.41. The fourth-order valence-corrected chi connectivity index (χ4v) is 3.62. The van der Waals surface area contributed by atoms with E-state index in [2.05, 4.69) is 37.6 Å².